The molecule has 1 aromatic carbocycles. The van der Waals surface area contributed by atoms with Crippen LogP contribution in [0, 0.1) is 0 Å². The predicted octanol–water partition coefficient (Wildman–Crippen LogP) is 2.28. The van der Waals surface area contributed by atoms with Crippen molar-refractivity contribution >= 4 is 11.6 Å². The van der Waals surface area contributed by atoms with Gasteiger partial charge in [-0.1, -0.05) is 18.2 Å². The summed E-state index contributed by atoms with van der Waals surface area (Å²) in [7, 11) is 0. The number of benzene rings is 1. The standard InChI is InChI=1S/C20H31N7/c1-2-21-20(22-12-6-7-13-26-16-23-24-17-26)25-18-9-8-14-27(15-18)19-10-4-3-5-11-19/h3-5,10-11,16-18H,2,6-9,12-15H2,1H3,(H2,21,22,25). The first-order valence-electron chi connectivity index (χ1n) is 10.0. The SMILES string of the molecule is CCNC(=NCCCCn1cnnc1)NC1CCCN(c2ccccc2)C1. The van der Waals surface area contributed by atoms with Crippen LogP contribution in [0.25, 0.3) is 0 Å². The van der Waals surface area contributed by atoms with Gasteiger partial charge in [0, 0.05) is 44.5 Å². The van der Waals surface area contributed by atoms with Gasteiger partial charge in [-0.05, 0) is 44.7 Å². The molecule has 0 bridgehead atoms. The van der Waals surface area contributed by atoms with Crippen LogP contribution in [0.2, 0.25) is 0 Å². The normalized spacial score (nSPS) is 17.7. The van der Waals surface area contributed by atoms with Gasteiger partial charge in [0.15, 0.2) is 5.96 Å². The number of piperidine rings is 1. The number of unbranched alkanes of at least 4 members (excludes halogenated alkanes) is 1. The highest BCUT2D eigenvalue weighted by atomic mass is 15.2. The van der Waals surface area contributed by atoms with E-state index in [9.17, 15) is 0 Å². The predicted molar refractivity (Wildman–Crippen MR) is 110 cm³/mol. The molecule has 7 nitrogen and oxygen atoms in total. The van der Waals surface area contributed by atoms with Gasteiger partial charge >= 0.3 is 0 Å². The zero-order chi connectivity index (χ0) is 18.7. The number of aliphatic imine (C=N–C) groups is 1. The number of para-hydroxylation sites is 1. The molecule has 2 heterocycles. The Labute approximate surface area is 161 Å². The van der Waals surface area contributed by atoms with Crippen molar-refractivity contribution in [3.63, 3.8) is 0 Å². The third-order valence-electron chi connectivity index (χ3n) is 4.79. The highest BCUT2D eigenvalue weighted by Crippen LogP contribution is 2.19. The number of aromatic nitrogens is 3. The molecule has 3 rings (SSSR count). The zero-order valence-corrected chi connectivity index (χ0v) is 16.2. The van der Waals surface area contributed by atoms with Crippen molar-refractivity contribution in [1.82, 2.24) is 25.4 Å². The molecule has 2 N–H and O–H groups in total. The third kappa shape index (κ3) is 6.27. The Morgan fingerprint density at radius 2 is 2.00 bits per heavy atom. The summed E-state index contributed by atoms with van der Waals surface area (Å²) in [5.41, 5.74) is 1.31. The second-order valence-electron chi connectivity index (χ2n) is 6.93. The van der Waals surface area contributed by atoms with Crippen molar-refractivity contribution in [3.8, 4) is 0 Å². The molecule has 1 aliphatic rings. The fourth-order valence-corrected chi connectivity index (χ4v) is 3.42. The molecule has 27 heavy (non-hydrogen) atoms. The van der Waals surface area contributed by atoms with Crippen LogP contribution in [-0.4, -0.2) is 52.9 Å². The highest BCUT2D eigenvalue weighted by Gasteiger charge is 2.20. The molecule has 1 fully saturated rings. The summed E-state index contributed by atoms with van der Waals surface area (Å²) in [6, 6.07) is 11.1. The smallest absolute Gasteiger partial charge is 0.191 e. The number of nitrogens with zero attached hydrogens (tertiary/aromatic N) is 5. The van der Waals surface area contributed by atoms with E-state index >= 15 is 0 Å². The first-order chi connectivity index (χ1) is 13.3. The van der Waals surface area contributed by atoms with Crippen LogP contribution in [0.3, 0.4) is 0 Å². The molecular weight excluding hydrogens is 338 g/mol. The van der Waals surface area contributed by atoms with E-state index in [1.54, 1.807) is 12.7 Å². The Balaban J connectivity index is 1.46. The number of anilines is 1. The molecular formula is C20H31N7. The van der Waals surface area contributed by atoms with Crippen molar-refractivity contribution in [2.75, 3.05) is 31.1 Å². The lowest BCUT2D eigenvalue weighted by atomic mass is 10.1. The van der Waals surface area contributed by atoms with Crippen molar-refractivity contribution in [2.45, 2.75) is 45.2 Å². The molecule has 0 spiro atoms. The summed E-state index contributed by atoms with van der Waals surface area (Å²) < 4.78 is 2.01. The van der Waals surface area contributed by atoms with Gasteiger partial charge in [0.2, 0.25) is 0 Å². The average Bonchev–Trinajstić information content (AvgIpc) is 3.22. The van der Waals surface area contributed by atoms with Crippen molar-refractivity contribution < 1.29 is 0 Å². The van der Waals surface area contributed by atoms with E-state index in [1.807, 2.05) is 4.57 Å². The van der Waals surface area contributed by atoms with Crippen LogP contribution in [0.5, 0.6) is 0 Å². The summed E-state index contributed by atoms with van der Waals surface area (Å²) in [4.78, 5) is 7.22. The largest absolute Gasteiger partial charge is 0.369 e. The quantitative estimate of drug-likeness (QED) is 0.424. The fraction of sp³-hybridized carbons (Fsp3) is 0.550. The molecule has 0 radical (unpaired) electrons. The number of guanidine groups is 1. The van der Waals surface area contributed by atoms with Gasteiger partial charge < -0.3 is 20.1 Å². The molecule has 2 aromatic rings. The van der Waals surface area contributed by atoms with Crippen molar-refractivity contribution in [1.29, 1.82) is 0 Å². The minimum Gasteiger partial charge on any atom is -0.369 e. The van der Waals surface area contributed by atoms with Gasteiger partial charge in [0.05, 0.1) is 0 Å². The van der Waals surface area contributed by atoms with E-state index in [2.05, 4.69) is 63.0 Å². The second kappa shape index (κ2) is 10.5. The van der Waals surface area contributed by atoms with Gasteiger partial charge in [0.1, 0.15) is 12.7 Å². The molecule has 0 amide bonds. The number of aryl methyl sites for hydroxylation is 1. The Kier molecular flexibility index (Phi) is 7.50. The topological polar surface area (TPSA) is 70.4 Å². The summed E-state index contributed by atoms with van der Waals surface area (Å²) in [6.45, 7) is 6.90. The second-order valence-corrected chi connectivity index (χ2v) is 6.93. The molecule has 0 aliphatic carbocycles. The minimum atomic E-state index is 0.425. The Morgan fingerprint density at radius 3 is 2.78 bits per heavy atom. The molecule has 1 saturated heterocycles. The molecule has 1 aromatic heterocycles. The lowest BCUT2D eigenvalue weighted by Gasteiger charge is -2.35. The summed E-state index contributed by atoms with van der Waals surface area (Å²) >= 11 is 0. The van der Waals surface area contributed by atoms with Gasteiger partial charge in [-0.3, -0.25) is 4.99 Å². The number of hydrogen-bond donors (Lipinski definition) is 2. The van der Waals surface area contributed by atoms with E-state index in [1.165, 1.54) is 18.5 Å². The van der Waals surface area contributed by atoms with Crippen LogP contribution in [-0.2, 0) is 6.54 Å². The maximum Gasteiger partial charge on any atom is 0.191 e. The molecule has 1 aliphatic heterocycles. The minimum absolute atomic E-state index is 0.425. The lowest BCUT2D eigenvalue weighted by molar-refractivity contribution is 0.468. The molecule has 7 heteroatoms. The summed E-state index contributed by atoms with van der Waals surface area (Å²) in [6.07, 6.45) is 8.03. The van der Waals surface area contributed by atoms with E-state index in [4.69, 9.17) is 4.99 Å². The molecule has 0 saturated carbocycles. The van der Waals surface area contributed by atoms with Gasteiger partial charge in [0.25, 0.3) is 0 Å². The Morgan fingerprint density at radius 1 is 1.19 bits per heavy atom. The maximum atomic E-state index is 4.76. The summed E-state index contributed by atoms with van der Waals surface area (Å²) in [5, 5.41) is 14.7. The van der Waals surface area contributed by atoms with E-state index in [0.717, 1.165) is 51.5 Å². The third-order valence-corrected chi connectivity index (χ3v) is 4.79. The summed E-state index contributed by atoms with van der Waals surface area (Å²) in [5.74, 6) is 0.932. The molecule has 1 atom stereocenters. The number of rotatable bonds is 8. The monoisotopic (exact) mass is 369 g/mol. The van der Waals surface area contributed by atoms with E-state index in [-0.39, 0.29) is 0 Å². The first-order valence-corrected chi connectivity index (χ1v) is 10.0. The van der Waals surface area contributed by atoms with Crippen molar-refractivity contribution in [3.05, 3.63) is 43.0 Å². The van der Waals surface area contributed by atoms with Crippen LogP contribution in [0.1, 0.15) is 32.6 Å². The Hall–Kier alpha value is -2.57. The lowest BCUT2D eigenvalue weighted by Crippen LogP contribution is -2.51. The molecule has 146 valence electrons. The average molecular weight is 370 g/mol. The Bertz CT molecular complexity index is 669. The van der Waals surface area contributed by atoms with Gasteiger partial charge in [-0.25, -0.2) is 0 Å². The zero-order valence-electron chi connectivity index (χ0n) is 16.2. The number of hydrogen-bond acceptors (Lipinski definition) is 4. The van der Waals surface area contributed by atoms with Crippen LogP contribution in [0.4, 0.5) is 5.69 Å². The van der Waals surface area contributed by atoms with Crippen LogP contribution < -0.4 is 15.5 Å². The first kappa shape index (κ1) is 19.2. The van der Waals surface area contributed by atoms with E-state index < -0.39 is 0 Å². The van der Waals surface area contributed by atoms with Crippen LogP contribution in [0.15, 0.2) is 48.0 Å². The number of nitrogens with one attached hydrogen (secondary N) is 2. The van der Waals surface area contributed by atoms with Crippen LogP contribution >= 0.6 is 0 Å². The maximum absolute atomic E-state index is 4.76. The van der Waals surface area contributed by atoms with Gasteiger partial charge in [-0.2, -0.15) is 0 Å². The van der Waals surface area contributed by atoms with Gasteiger partial charge in [-0.15, -0.1) is 10.2 Å². The fourth-order valence-electron chi connectivity index (χ4n) is 3.42. The highest BCUT2D eigenvalue weighted by molar-refractivity contribution is 5.80. The van der Waals surface area contributed by atoms with Crippen molar-refractivity contribution in [2.24, 2.45) is 4.99 Å². The van der Waals surface area contributed by atoms with E-state index in [0.29, 0.717) is 6.04 Å². The molecule has 1 unspecified atom stereocenters.